The molecular weight excluding hydrogens is 348 g/mol. The molecule has 1 amide bonds. The van der Waals surface area contributed by atoms with Crippen molar-refractivity contribution in [3.8, 4) is 0 Å². The summed E-state index contributed by atoms with van der Waals surface area (Å²) in [6, 6.07) is 2.14. The van der Waals surface area contributed by atoms with Crippen LogP contribution in [0.5, 0.6) is 0 Å². The molecule has 0 aliphatic carbocycles. The topological polar surface area (TPSA) is 74.2 Å². The molecule has 1 fully saturated rings. The minimum atomic E-state index is -0.0210. The van der Waals surface area contributed by atoms with Gasteiger partial charge in [0.2, 0.25) is 0 Å². The molecule has 1 aliphatic heterocycles. The molecule has 0 saturated carbocycles. The number of hydrogen-bond donors (Lipinski definition) is 1. The van der Waals surface area contributed by atoms with Crippen molar-refractivity contribution < 1.29 is 4.79 Å². The van der Waals surface area contributed by atoms with Crippen LogP contribution in [0.15, 0.2) is 11.6 Å². The maximum atomic E-state index is 12.7. The largest absolute Gasteiger partial charge is 0.363 e. The Kier molecular flexibility index (Phi) is 5.83. The monoisotopic (exact) mass is 374 g/mol. The van der Waals surface area contributed by atoms with Crippen LogP contribution in [0.3, 0.4) is 0 Å². The Balaban J connectivity index is 1.82. The molecule has 1 N–H and O–H groups in total. The molecule has 1 aliphatic rings. The van der Waals surface area contributed by atoms with E-state index in [0.29, 0.717) is 11.4 Å². The molecule has 0 radical (unpaired) electrons. The van der Waals surface area contributed by atoms with E-state index >= 15 is 0 Å². The average molecular weight is 375 g/mol. The molecule has 0 spiro atoms. The van der Waals surface area contributed by atoms with Crippen molar-refractivity contribution >= 4 is 23.1 Å². The number of aromatic nitrogens is 3. The molecule has 1 unspecified atom stereocenters. The maximum Gasteiger partial charge on any atom is 0.265 e. The van der Waals surface area contributed by atoms with Crippen LogP contribution in [0, 0.1) is 6.92 Å². The summed E-state index contributed by atoms with van der Waals surface area (Å²) >= 11 is 1.38. The quantitative estimate of drug-likeness (QED) is 0.866. The van der Waals surface area contributed by atoms with Crippen molar-refractivity contribution in [1.29, 1.82) is 0 Å². The van der Waals surface area contributed by atoms with Crippen molar-refractivity contribution in [2.24, 2.45) is 0 Å². The van der Waals surface area contributed by atoms with E-state index < -0.39 is 0 Å². The highest BCUT2D eigenvalue weighted by molar-refractivity contribution is 7.11. The molecule has 7 nitrogen and oxygen atoms in total. The fraction of sp³-hybridized carbons (Fsp3) is 0.556. The molecule has 3 rings (SSSR count). The first-order valence-corrected chi connectivity index (χ1v) is 9.77. The lowest BCUT2D eigenvalue weighted by Crippen LogP contribution is -2.30. The lowest BCUT2D eigenvalue weighted by atomic mass is 10.0. The van der Waals surface area contributed by atoms with Crippen LogP contribution in [0.1, 0.15) is 52.2 Å². The predicted octanol–water partition coefficient (Wildman–Crippen LogP) is 2.39. The lowest BCUT2D eigenvalue weighted by Gasteiger charge is -2.24. The van der Waals surface area contributed by atoms with Gasteiger partial charge in [-0.2, -0.15) is 0 Å². The molecule has 1 atom stereocenters. The van der Waals surface area contributed by atoms with Crippen LogP contribution >= 0.6 is 11.3 Å². The molecule has 8 heteroatoms. The number of piperidine rings is 1. The van der Waals surface area contributed by atoms with Crippen LogP contribution in [0.2, 0.25) is 0 Å². The van der Waals surface area contributed by atoms with Gasteiger partial charge in [-0.1, -0.05) is 6.42 Å². The number of carbonyl (C=O) groups excluding carboxylic acids is 1. The number of aryl methyl sites for hydroxylation is 1. The molecule has 140 valence electrons. The second kappa shape index (κ2) is 8.09. The lowest BCUT2D eigenvalue weighted by molar-refractivity contribution is 0.0787. The van der Waals surface area contributed by atoms with Crippen LogP contribution in [-0.4, -0.2) is 53.4 Å². The first kappa shape index (κ1) is 18.7. The van der Waals surface area contributed by atoms with Crippen LogP contribution in [0.25, 0.3) is 0 Å². The van der Waals surface area contributed by atoms with Crippen LogP contribution in [-0.2, 0) is 6.54 Å². The highest BCUT2D eigenvalue weighted by Crippen LogP contribution is 2.23. The van der Waals surface area contributed by atoms with Gasteiger partial charge in [0.05, 0.1) is 29.5 Å². The van der Waals surface area contributed by atoms with E-state index in [9.17, 15) is 4.79 Å². The van der Waals surface area contributed by atoms with Gasteiger partial charge in [-0.25, -0.2) is 15.0 Å². The van der Waals surface area contributed by atoms with Crippen molar-refractivity contribution in [2.75, 3.05) is 32.6 Å². The summed E-state index contributed by atoms with van der Waals surface area (Å²) in [5, 5.41) is 3.50. The van der Waals surface area contributed by atoms with E-state index in [0.717, 1.165) is 36.0 Å². The number of hydrogen-bond acceptors (Lipinski definition) is 7. The maximum absolute atomic E-state index is 12.7. The number of nitrogens with one attached hydrogen (secondary N) is 1. The van der Waals surface area contributed by atoms with Gasteiger partial charge in [-0.15, -0.1) is 11.3 Å². The predicted molar refractivity (Wildman–Crippen MR) is 104 cm³/mol. The normalized spacial score (nSPS) is 17.2. The zero-order valence-corrected chi connectivity index (χ0v) is 16.6. The smallest absolute Gasteiger partial charge is 0.265 e. The average Bonchev–Trinajstić information content (AvgIpc) is 3.07. The van der Waals surface area contributed by atoms with E-state index in [4.69, 9.17) is 9.97 Å². The number of nitrogens with zero attached hydrogens (tertiary/aromatic N) is 5. The van der Waals surface area contributed by atoms with Crippen LogP contribution in [0.4, 0.5) is 5.82 Å². The fourth-order valence-electron chi connectivity index (χ4n) is 3.04. The standard InChI is InChI=1S/C18H26N6OS/c1-12-16(26-11-20-12)18(25)24(4)10-13-9-15(23(2)3)22-17(21-13)14-7-5-6-8-19-14/h9,11,14,19H,5-8,10H2,1-4H3. The van der Waals surface area contributed by atoms with Crippen molar-refractivity contribution in [3.05, 3.63) is 33.7 Å². The Morgan fingerprint density at radius 3 is 2.73 bits per heavy atom. The summed E-state index contributed by atoms with van der Waals surface area (Å²) in [6.07, 6.45) is 3.43. The molecule has 0 aromatic carbocycles. The Labute approximate surface area is 158 Å². The second-order valence-corrected chi connectivity index (χ2v) is 7.76. The molecule has 26 heavy (non-hydrogen) atoms. The first-order chi connectivity index (χ1) is 12.5. The minimum Gasteiger partial charge on any atom is -0.363 e. The zero-order valence-electron chi connectivity index (χ0n) is 15.8. The first-order valence-electron chi connectivity index (χ1n) is 8.90. The summed E-state index contributed by atoms with van der Waals surface area (Å²) in [4.78, 5) is 30.7. The highest BCUT2D eigenvalue weighted by Gasteiger charge is 2.21. The molecule has 1 saturated heterocycles. The van der Waals surface area contributed by atoms with Gasteiger partial charge >= 0.3 is 0 Å². The van der Waals surface area contributed by atoms with Crippen molar-refractivity contribution in [3.63, 3.8) is 0 Å². The van der Waals surface area contributed by atoms with E-state index in [1.165, 1.54) is 24.2 Å². The number of rotatable bonds is 5. The van der Waals surface area contributed by atoms with E-state index in [-0.39, 0.29) is 11.9 Å². The summed E-state index contributed by atoms with van der Waals surface area (Å²) in [6.45, 7) is 3.30. The molecule has 2 aromatic heterocycles. The van der Waals surface area contributed by atoms with E-state index in [2.05, 4.69) is 10.3 Å². The second-order valence-electron chi connectivity index (χ2n) is 6.90. The Bertz CT molecular complexity index is 769. The molecule has 2 aromatic rings. The Morgan fingerprint density at radius 2 is 2.12 bits per heavy atom. The summed E-state index contributed by atoms with van der Waals surface area (Å²) in [5.41, 5.74) is 3.33. The van der Waals surface area contributed by atoms with Gasteiger partial charge in [0.1, 0.15) is 16.5 Å². The number of carbonyl (C=O) groups is 1. The Morgan fingerprint density at radius 1 is 1.31 bits per heavy atom. The third-order valence-corrected chi connectivity index (χ3v) is 5.47. The SMILES string of the molecule is Cc1ncsc1C(=O)N(C)Cc1cc(N(C)C)nc(C2CCCCN2)n1. The van der Waals surface area contributed by atoms with Gasteiger partial charge in [-0.05, 0) is 26.3 Å². The van der Waals surface area contributed by atoms with E-state index in [1.807, 2.05) is 32.0 Å². The van der Waals surface area contributed by atoms with Crippen LogP contribution < -0.4 is 10.2 Å². The van der Waals surface area contributed by atoms with Gasteiger partial charge in [-0.3, -0.25) is 4.79 Å². The summed E-state index contributed by atoms with van der Waals surface area (Å²) in [5.74, 6) is 1.67. The van der Waals surface area contributed by atoms with Gasteiger partial charge < -0.3 is 15.1 Å². The minimum absolute atomic E-state index is 0.0210. The van der Waals surface area contributed by atoms with Crippen molar-refractivity contribution in [1.82, 2.24) is 25.2 Å². The fourth-order valence-corrected chi connectivity index (χ4v) is 3.83. The van der Waals surface area contributed by atoms with E-state index in [1.54, 1.807) is 17.5 Å². The molecular formula is C18H26N6OS. The van der Waals surface area contributed by atoms with Gasteiger partial charge in [0.25, 0.3) is 5.91 Å². The van der Waals surface area contributed by atoms with Gasteiger partial charge in [0, 0.05) is 27.2 Å². The Hall–Kier alpha value is -2.06. The third kappa shape index (κ3) is 4.19. The highest BCUT2D eigenvalue weighted by atomic mass is 32.1. The zero-order chi connectivity index (χ0) is 18.7. The third-order valence-electron chi connectivity index (χ3n) is 4.55. The number of amides is 1. The van der Waals surface area contributed by atoms with Gasteiger partial charge in [0.15, 0.2) is 0 Å². The summed E-state index contributed by atoms with van der Waals surface area (Å²) < 4.78 is 0. The molecule has 0 bridgehead atoms. The molecule has 3 heterocycles. The van der Waals surface area contributed by atoms with Crippen molar-refractivity contribution in [2.45, 2.75) is 38.8 Å². The summed E-state index contributed by atoms with van der Waals surface area (Å²) in [7, 11) is 5.75. The number of thiazole rings is 1. The number of anilines is 1.